The fourth-order valence-corrected chi connectivity index (χ4v) is 3.05. The van der Waals surface area contributed by atoms with E-state index < -0.39 is 17.6 Å². The molecule has 1 heterocycles. The van der Waals surface area contributed by atoms with Gasteiger partial charge in [0.1, 0.15) is 17.6 Å². The first-order valence-corrected chi connectivity index (χ1v) is 8.39. The lowest BCUT2D eigenvalue weighted by atomic mass is 10.2. The summed E-state index contributed by atoms with van der Waals surface area (Å²) in [7, 11) is 0. The quantitative estimate of drug-likeness (QED) is 0.618. The molecule has 2 aromatic carbocycles. The molecule has 0 aliphatic rings. The van der Waals surface area contributed by atoms with Gasteiger partial charge in [0.05, 0.1) is 15.6 Å². The van der Waals surface area contributed by atoms with Gasteiger partial charge >= 0.3 is 6.18 Å². The Labute approximate surface area is 166 Å². The molecule has 28 heavy (non-hydrogen) atoms. The fraction of sp³-hybridized carbons (Fsp3) is 0.0556. The first-order chi connectivity index (χ1) is 13.2. The van der Waals surface area contributed by atoms with E-state index in [1.54, 1.807) is 36.4 Å². The van der Waals surface area contributed by atoms with Crippen molar-refractivity contribution in [1.82, 2.24) is 9.78 Å². The van der Waals surface area contributed by atoms with Crippen LogP contribution in [0.3, 0.4) is 0 Å². The summed E-state index contributed by atoms with van der Waals surface area (Å²) in [5.74, 6) is -0.487. The van der Waals surface area contributed by atoms with Gasteiger partial charge in [-0.2, -0.15) is 23.5 Å². The molecule has 0 bridgehead atoms. The van der Waals surface area contributed by atoms with Gasteiger partial charge in [0.2, 0.25) is 0 Å². The number of hydrogen-bond donors (Lipinski definition) is 1. The molecule has 0 saturated carbocycles. The zero-order valence-electron chi connectivity index (χ0n) is 13.8. The predicted octanol–water partition coefficient (Wildman–Crippen LogP) is 5.32. The molecule has 0 aliphatic carbocycles. The number of nitrogens with zero attached hydrogens (tertiary/aromatic N) is 3. The summed E-state index contributed by atoms with van der Waals surface area (Å²) in [5.41, 5.74) is -0.885. The van der Waals surface area contributed by atoms with Crippen molar-refractivity contribution in [1.29, 1.82) is 5.26 Å². The number of alkyl halides is 3. The van der Waals surface area contributed by atoms with Gasteiger partial charge in [-0.1, -0.05) is 41.4 Å². The zero-order chi connectivity index (χ0) is 20.5. The summed E-state index contributed by atoms with van der Waals surface area (Å²) in [6, 6.07) is 12.6. The van der Waals surface area contributed by atoms with E-state index in [2.05, 4.69) is 10.4 Å². The predicted molar refractivity (Wildman–Crippen MR) is 97.7 cm³/mol. The first kappa shape index (κ1) is 19.7. The normalized spacial score (nSPS) is 11.1. The maximum absolute atomic E-state index is 12.9. The number of nitrogens with one attached hydrogen (secondary N) is 1. The Kier molecular flexibility index (Phi) is 5.31. The molecule has 1 N–H and O–H groups in total. The van der Waals surface area contributed by atoms with E-state index >= 15 is 0 Å². The fourth-order valence-electron chi connectivity index (χ4n) is 2.40. The smallest absolute Gasteiger partial charge is 0.306 e. The molecule has 1 aromatic heterocycles. The molecule has 0 radical (unpaired) electrons. The van der Waals surface area contributed by atoms with E-state index in [1.165, 1.54) is 6.07 Å². The lowest BCUT2D eigenvalue weighted by Gasteiger charge is -2.14. The van der Waals surface area contributed by atoms with E-state index in [4.69, 9.17) is 28.5 Å². The summed E-state index contributed by atoms with van der Waals surface area (Å²) < 4.78 is 39.8. The maximum atomic E-state index is 12.9. The van der Waals surface area contributed by atoms with Gasteiger partial charge in [0, 0.05) is 11.6 Å². The Hall–Kier alpha value is -3.02. The van der Waals surface area contributed by atoms with Crippen LogP contribution in [0.4, 0.5) is 19.0 Å². The summed E-state index contributed by atoms with van der Waals surface area (Å²) in [4.78, 5) is 12.4. The lowest BCUT2D eigenvalue weighted by molar-refractivity contribution is -0.137. The second-order valence-corrected chi connectivity index (χ2v) is 6.36. The molecule has 0 unspecified atom stereocenters. The number of carbonyl (C=O) groups excluding carboxylic acids is 1. The summed E-state index contributed by atoms with van der Waals surface area (Å²) in [5, 5.41) is 14.9. The minimum atomic E-state index is -4.64. The van der Waals surface area contributed by atoms with E-state index in [-0.39, 0.29) is 27.2 Å². The summed E-state index contributed by atoms with van der Waals surface area (Å²) in [6.07, 6.45) is -4.64. The highest BCUT2D eigenvalue weighted by Gasteiger charge is 2.32. The molecule has 0 spiro atoms. The third-order valence-electron chi connectivity index (χ3n) is 3.66. The Bertz CT molecular complexity index is 1070. The van der Waals surface area contributed by atoms with Crippen LogP contribution in [0.2, 0.25) is 10.0 Å². The number of anilines is 1. The second-order valence-electron chi connectivity index (χ2n) is 5.54. The molecule has 142 valence electrons. The maximum Gasteiger partial charge on any atom is 0.416 e. The monoisotopic (exact) mass is 424 g/mol. The molecule has 5 nitrogen and oxygen atoms in total. The van der Waals surface area contributed by atoms with Crippen LogP contribution in [0.15, 0.2) is 48.5 Å². The first-order valence-electron chi connectivity index (χ1n) is 7.64. The highest BCUT2D eigenvalue weighted by atomic mass is 35.5. The molecular formula is C18H9Cl2F3N4O. The second kappa shape index (κ2) is 7.54. The average Bonchev–Trinajstić information content (AvgIpc) is 3.03. The van der Waals surface area contributed by atoms with Crippen LogP contribution in [-0.2, 0) is 6.18 Å². The van der Waals surface area contributed by atoms with Gasteiger partial charge in [-0.15, -0.1) is 0 Å². The van der Waals surface area contributed by atoms with E-state index in [9.17, 15) is 18.0 Å². The molecule has 0 atom stereocenters. The van der Waals surface area contributed by atoms with Crippen LogP contribution in [0.1, 0.15) is 21.6 Å². The van der Waals surface area contributed by atoms with Gasteiger partial charge < -0.3 is 5.32 Å². The Morgan fingerprint density at radius 1 is 1.11 bits per heavy atom. The van der Waals surface area contributed by atoms with Gasteiger partial charge in [-0.25, -0.2) is 4.68 Å². The lowest BCUT2D eigenvalue weighted by Crippen LogP contribution is -2.15. The van der Waals surface area contributed by atoms with Crippen LogP contribution in [0.5, 0.6) is 0 Å². The van der Waals surface area contributed by atoms with Crippen LogP contribution in [0.25, 0.3) is 5.69 Å². The highest BCUT2D eigenvalue weighted by Crippen LogP contribution is 2.38. The third kappa shape index (κ3) is 3.96. The molecule has 1 amide bonds. The number of hydrogen-bond acceptors (Lipinski definition) is 3. The largest absolute Gasteiger partial charge is 0.416 e. The van der Waals surface area contributed by atoms with Gasteiger partial charge in [-0.3, -0.25) is 4.79 Å². The average molecular weight is 425 g/mol. The molecule has 3 rings (SSSR count). The standard InChI is InChI=1S/C18H9Cl2F3N4O/c19-13-6-11(18(21,22)23)7-14(20)16(13)27-15(8-12(9-24)26-27)25-17(28)10-4-2-1-3-5-10/h1-8H,(H,25,28). The Morgan fingerprint density at radius 2 is 1.71 bits per heavy atom. The SMILES string of the molecule is N#Cc1cc(NC(=O)c2ccccc2)n(-c2c(Cl)cc(C(F)(F)F)cc2Cl)n1. The van der Waals surface area contributed by atoms with Crippen molar-refractivity contribution < 1.29 is 18.0 Å². The molecule has 3 aromatic rings. The number of halogens is 5. The molecule has 10 heteroatoms. The van der Waals surface area contributed by atoms with Crippen molar-refractivity contribution >= 4 is 34.9 Å². The number of nitriles is 1. The number of aromatic nitrogens is 2. The Morgan fingerprint density at radius 3 is 2.25 bits per heavy atom. The van der Waals surface area contributed by atoms with Crippen molar-refractivity contribution in [2.24, 2.45) is 0 Å². The van der Waals surface area contributed by atoms with Gasteiger partial charge in [-0.05, 0) is 24.3 Å². The Balaban J connectivity index is 2.07. The molecule has 0 fully saturated rings. The van der Waals surface area contributed by atoms with Crippen molar-refractivity contribution in [3.63, 3.8) is 0 Å². The number of carbonyl (C=O) groups is 1. The van der Waals surface area contributed by atoms with Crippen molar-refractivity contribution in [3.05, 3.63) is 75.4 Å². The van der Waals surface area contributed by atoms with Gasteiger partial charge in [0.25, 0.3) is 5.91 Å². The van der Waals surface area contributed by atoms with Crippen molar-refractivity contribution in [2.75, 3.05) is 5.32 Å². The summed E-state index contributed by atoms with van der Waals surface area (Å²) >= 11 is 12.0. The molecule has 0 aliphatic heterocycles. The minimum Gasteiger partial charge on any atom is -0.306 e. The zero-order valence-corrected chi connectivity index (χ0v) is 15.3. The van der Waals surface area contributed by atoms with Crippen LogP contribution >= 0.6 is 23.2 Å². The highest BCUT2D eigenvalue weighted by molar-refractivity contribution is 6.38. The van der Waals surface area contributed by atoms with Crippen molar-refractivity contribution in [3.8, 4) is 11.8 Å². The minimum absolute atomic E-state index is 0.0222. The van der Waals surface area contributed by atoms with Gasteiger partial charge in [0.15, 0.2) is 5.69 Å². The van der Waals surface area contributed by atoms with Crippen LogP contribution in [0, 0.1) is 11.3 Å². The third-order valence-corrected chi connectivity index (χ3v) is 4.23. The number of rotatable bonds is 3. The number of amides is 1. The van der Waals surface area contributed by atoms with Crippen LogP contribution < -0.4 is 5.32 Å². The molecule has 0 saturated heterocycles. The van der Waals surface area contributed by atoms with Crippen molar-refractivity contribution in [2.45, 2.75) is 6.18 Å². The van der Waals surface area contributed by atoms with E-state index in [1.807, 2.05) is 0 Å². The van der Waals surface area contributed by atoms with E-state index in [0.717, 1.165) is 4.68 Å². The summed E-state index contributed by atoms with van der Waals surface area (Å²) in [6.45, 7) is 0. The number of benzene rings is 2. The molecular weight excluding hydrogens is 416 g/mol. The van der Waals surface area contributed by atoms with Crippen LogP contribution in [-0.4, -0.2) is 15.7 Å². The van der Waals surface area contributed by atoms with E-state index in [0.29, 0.717) is 17.7 Å². The topological polar surface area (TPSA) is 70.7 Å².